The lowest BCUT2D eigenvalue weighted by molar-refractivity contribution is -0.123. The molecule has 0 fully saturated rings. The molecule has 0 atom stereocenters. The fourth-order valence-electron chi connectivity index (χ4n) is 1.34. The van der Waals surface area contributed by atoms with Crippen molar-refractivity contribution in [1.82, 2.24) is 5.32 Å². The number of ether oxygens (including phenoxy) is 1. The molecule has 0 saturated carbocycles. The number of Topliss-reactive ketones (excluding diaryl/α,β-unsaturated/α-hetero) is 1. The summed E-state index contributed by atoms with van der Waals surface area (Å²) >= 11 is 0. The molecular weight excluding hydrogens is 218 g/mol. The third kappa shape index (κ3) is 4.26. The van der Waals surface area contributed by atoms with E-state index in [1.807, 2.05) is 6.92 Å². The average molecular weight is 235 g/mol. The second-order valence-corrected chi connectivity index (χ2v) is 3.69. The summed E-state index contributed by atoms with van der Waals surface area (Å²) in [6.45, 7) is 4.02. The number of hydrogen-bond acceptors (Lipinski definition) is 3. The van der Waals surface area contributed by atoms with Crippen molar-refractivity contribution in [2.24, 2.45) is 0 Å². The van der Waals surface area contributed by atoms with E-state index in [4.69, 9.17) is 4.74 Å². The Morgan fingerprint density at radius 3 is 2.65 bits per heavy atom. The van der Waals surface area contributed by atoms with Gasteiger partial charge in [-0.05, 0) is 25.5 Å². The quantitative estimate of drug-likeness (QED) is 0.765. The SMILES string of the molecule is CCCNC(=O)COc1ccccc1C(C)=O. The van der Waals surface area contributed by atoms with Crippen molar-refractivity contribution in [3.8, 4) is 5.75 Å². The van der Waals surface area contributed by atoms with E-state index in [0.29, 0.717) is 17.9 Å². The molecule has 0 aliphatic rings. The first-order valence-electron chi connectivity index (χ1n) is 5.64. The normalized spacial score (nSPS) is 9.76. The number of ketones is 1. The number of nitrogens with one attached hydrogen (secondary N) is 1. The van der Waals surface area contributed by atoms with Crippen LogP contribution in [0.5, 0.6) is 5.75 Å². The van der Waals surface area contributed by atoms with E-state index in [0.717, 1.165) is 6.42 Å². The van der Waals surface area contributed by atoms with Gasteiger partial charge in [0, 0.05) is 6.54 Å². The van der Waals surface area contributed by atoms with Gasteiger partial charge in [0.25, 0.3) is 5.91 Å². The molecule has 0 aliphatic carbocycles. The first-order valence-corrected chi connectivity index (χ1v) is 5.64. The van der Waals surface area contributed by atoms with E-state index in [1.54, 1.807) is 24.3 Å². The number of para-hydroxylation sites is 1. The van der Waals surface area contributed by atoms with Crippen LogP contribution in [0.1, 0.15) is 30.6 Å². The summed E-state index contributed by atoms with van der Waals surface area (Å²) in [6, 6.07) is 6.90. The van der Waals surface area contributed by atoms with Crippen LogP contribution in [0, 0.1) is 0 Å². The molecule has 0 unspecified atom stereocenters. The minimum Gasteiger partial charge on any atom is -0.483 e. The van der Waals surface area contributed by atoms with E-state index in [2.05, 4.69) is 5.32 Å². The molecule has 1 aromatic carbocycles. The fourth-order valence-corrected chi connectivity index (χ4v) is 1.34. The highest BCUT2D eigenvalue weighted by atomic mass is 16.5. The summed E-state index contributed by atoms with van der Waals surface area (Å²) < 4.78 is 5.32. The molecule has 1 amide bonds. The number of rotatable bonds is 6. The van der Waals surface area contributed by atoms with Gasteiger partial charge in [-0.3, -0.25) is 9.59 Å². The maximum Gasteiger partial charge on any atom is 0.257 e. The zero-order chi connectivity index (χ0) is 12.7. The maximum atomic E-state index is 11.3. The van der Waals surface area contributed by atoms with E-state index >= 15 is 0 Å². The van der Waals surface area contributed by atoms with Gasteiger partial charge in [-0.2, -0.15) is 0 Å². The van der Waals surface area contributed by atoms with Gasteiger partial charge >= 0.3 is 0 Å². The first-order chi connectivity index (χ1) is 8.15. The molecule has 0 bridgehead atoms. The van der Waals surface area contributed by atoms with Crippen molar-refractivity contribution in [2.45, 2.75) is 20.3 Å². The van der Waals surface area contributed by atoms with Gasteiger partial charge in [-0.15, -0.1) is 0 Å². The Morgan fingerprint density at radius 2 is 2.00 bits per heavy atom. The molecule has 4 heteroatoms. The number of hydrogen-bond donors (Lipinski definition) is 1. The smallest absolute Gasteiger partial charge is 0.257 e. The number of carbonyl (C=O) groups is 2. The third-order valence-electron chi connectivity index (χ3n) is 2.20. The molecule has 0 radical (unpaired) electrons. The zero-order valence-corrected chi connectivity index (χ0v) is 10.2. The largest absolute Gasteiger partial charge is 0.483 e. The molecule has 0 heterocycles. The highest BCUT2D eigenvalue weighted by Crippen LogP contribution is 2.17. The van der Waals surface area contributed by atoms with Gasteiger partial charge in [0.15, 0.2) is 12.4 Å². The van der Waals surface area contributed by atoms with Crippen LogP contribution < -0.4 is 10.1 Å². The van der Waals surface area contributed by atoms with E-state index in [1.165, 1.54) is 6.92 Å². The van der Waals surface area contributed by atoms with Crippen molar-refractivity contribution in [2.75, 3.05) is 13.2 Å². The van der Waals surface area contributed by atoms with E-state index in [-0.39, 0.29) is 18.3 Å². The Bertz CT molecular complexity index is 401. The Labute approximate surface area is 101 Å². The minimum absolute atomic E-state index is 0.0652. The van der Waals surface area contributed by atoms with Crippen LogP contribution in [-0.2, 0) is 4.79 Å². The van der Waals surface area contributed by atoms with Gasteiger partial charge in [-0.1, -0.05) is 19.1 Å². The molecule has 0 aromatic heterocycles. The van der Waals surface area contributed by atoms with Crippen molar-refractivity contribution >= 4 is 11.7 Å². The zero-order valence-electron chi connectivity index (χ0n) is 10.2. The van der Waals surface area contributed by atoms with Gasteiger partial charge in [-0.25, -0.2) is 0 Å². The first kappa shape index (κ1) is 13.2. The van der Waals surface area contributed by atoms with Crippen molar-refractivity contribution in [3.05, 3.63) is 29.8 Å². The Morgan fingerprint density at radius 1 is 1.29 bits per heavy atom. The van der Waals surface area contributed by atoms with Crippen LogP contribution in [0.4, 0.5) is 0 Å². The maximum absolute atomic E-state index is 11.3. The third-order valence-corrected chi connectivity index (χ3v) is 2.20. The molecule has 1 aromatic rings. The topological polar surface area (TPSA) is 55.4 Å². The number of carbonyl (C=O) groups excluding carboxylic acids is 2. The van der Waals surface area contributed by atoms with Crippen LogP contribution in [0.15, 0.2) is 24.3 Å². The second-order valence-electron chi connectivity index (χ2n) is 3.69. The molecule has 0 spiro atoms. The van der Waals surface area contributed by atoms with Crippen LogP contribution >= 0.6 is 0 Å². The lowest BCUT2D eigenvalue weighted by Crippen LogP contribution is -2.29. The molecular formula is C13H17NO3. The van der Waals surface area contributed by atoms with Crippen molar-refractivity contribution in [1.29, 1.82) is 0 Å². The highest BCUT2D eigenvalue weighted by molar-refractivity contribution is 5.96. The summed E-state index contributed by atoms with van der Waals surface area (Å²) in [6.07, 6.45) is 0.885. The van der Waals surface area contributed by atoms with E-state index < -0.39 is 0 Å². The van der Waals surface area contributed by atoms with Gasteiger partial charge in [0.1, 0.15) is 5.75 Å². The lowest BCUT2D eigenvalue weighted by Gasteiger charge is -2.09. The number of benzene rings is 1. The van der Waals surface area contributed by atoms with Gasteiger partial charge < -0.3 is 10.1 Å². The molecule has 92 valence electrons. The molecule has 0 aliphatic heterocycles. The Kier molecular flexibility index (Phi) is 5.20. The predicted octanol–water partition coefficient (Wildman–Crippen LogP) is 1.79. The fraction of sp³-hybridized carbons (Fsp3) is 0.385. The predicted molar refractivity (Wildman–Crippen MR) is 65.2 cm³/mol. The lowest BCUT2D eigenvalue weighted by atomic mass is 10.1. The summed E-state index contributed by atoms with van der Waals surface area (Å²) in [5, 5.41) is 2.70. The van der Waals surface area contributed by atoms with Gasteiger partial charge in [0.2, 0.25) is 0 Å². The summed E-state index contributed by atoms with van der Waals surface area (Å²) in [7, 11) is 0. The second kappa shape index (κ2) is 6.68. The Balaban J connectivity index is 2.57. The average Bonchev–Trinajstić information content (AvgIpc) is 2.34. The molecule has 1 N–H and O–H groups in total. The highest BCUT2D eigenvalue weighted by Gasteiger charge is 2.08. The monoisotopic (exact) mass is 235 g/mol. The molecule has 4 nitrogen and oxygen atoms in total. The van der Waals surface area contributed by atoms with Gasteiger partial charge in [0.05, 0.1) is 5.56 Å². The van der Waals surface area contributed by atoms with Crippen molar-refractivity contribution in [3.63, 3.8) is 0 Å². The Hall–Kier alpha value is -1.84. The summed E-state index contributed by atoms with van der Waals surface area (Å²) in [5.74, 6) is 0.200. The summed E-state index contributed by atoms with van der Waals surface area (Å²) in [5.41, 5.74) is 0.496. The molecule has 1 rings (SSSR count). The van der Waals surface area contributed by atoms with E-state index in [9.17, 15) is 9.59 Å². The summed E-state index contributed by atoms with van der Waals surface area (Å²) in [4.78, 5) is 22.6. The van der Waals surface area contributed by atoms with Crippen LogP contribution in [0.2, 0.25) is 0 Å². The van der Waals surface area contributed by atoms with Crippen molar-refractivity contribution < 1.29 is 14.3 Å². The number of amides is 1. The van der Waals surface area contributed by atoms with Crippen LogP contribution in [0.3, 0.4) is 0 Å². The molecule has 0 saturated heterocycles. The molecule has 17 heavy (non-hydrogen) atoms. The van der Waals surface area contributed by atoms with Crippen LogP contribution in [-0.4, -0.2) is 24.8 Å². The van der Waals surface area contributed by atoms with Crippen LogP contribution in [0.25, 0.3) is 0 Å². The minimum atomic E-state index is -0.176. The standard InChI is InChI=1S/C13H17NO3/c1-3-8-14-13(16)9-17-12-7-5-4-6-11(12)10(2)15/h4-7H,3,8-9H2,1-2H3,(H,14,16).